The average molecular weight is 300 g/mol. The summed E-state index contributed by atoms with van der Waals surface area (Å²) in [7, 11) is 0. The number of nitrogens with zero attached hydrogens (tertiary/aromatic N) is 5. The van der Waals surface area contributed by atoms with Crippen molar-refractivity contribution in [1.82, 2.24) is 19.9 Å². The smallest absolute Gasteiger partial charge is 0.224 e. The van der Waals surface area contributed by atoms with Crippen LogP contribution in [0.3, 0.4) is 0 Å². The molecule has 116 valence electrons. The maximum absolute atomic E-state index is 5.36. The summed E-state index contributed by atoms with van der Waals surface area (Å²) in [6.07, 6.45) is 1.77. The van der Waals surface area contributed by atoms with E-state index in [-0.39, 0.29) is 0 Å². The van der Waals surface area contributed by atoms with E-state index in [4.69, 9.17) is 4.74 Å². The molecule has 7 nitrogen and oxygen atoms in total. The van der Waals surface area contributed by atoms with Gasteiger partial charge in [0.15, 0.2) is 0 Å². The van der Waals surface area contributed by atoms with Crippen LogP contribution in [0.4, 0.5) is 11.8 Å². The third kappa shape index (κ3) is 3.67. The van der Waals surface area contributed by atoms with Crippen molar-refractivity contribution in [1.29, 1.82) is 0 Å². The van der Waals surface area contributed by atoms with Crippen molar-refractivity contribution >= 4 is 11.8 Å². The summed E-state index contributed by atoms with van der Waals surface area (Å²) in [5.41, 5.74) is 1.90. The van der Waals surface area contributed by atoms with Gasteiger partial charge < -0.3 is 15.0 Å². The Morgan fingerprint density at radius 2 is 2.00 bits per heavy atom. The summed E-state index contributed by atoms with van der Waals surface area (Å²) < 4.78 is 5.36. The predicted molar refractivity (Wildman–Crippen MR) is 83.9 cm³/mol. The molecular formula is C15H20N6O. The molecule has 1 N–H and O–H groups in total. The van der Waals surface area contributed by atoms with E-state index in [0.29, 0.717) is 12.5 Å². The number of hydrogen-bond donors (Lipinski definition) is 1. The molecule has 0 saturated carbocycles. The summed E-state index contributed by atoms with van der Waals surface area (Å²) >= 11 is 0. The van der Waals surface area contributed by atoms with Gasteiger partial charge in [-0.2, -0.15) is 4.98 Å². The number of morpholine rings is 1. The van der Waals surface area contributed by atoms with Crippen LogP contribution in [0.15, 0.2) is 18.3 Å². The first-order chi connectivity index (χ1) is 10.7. The maximum atomic E-state index is 5.36. The van der Waals surface area contributed by atoms with Crippen LogP contribution in [0, 0.1) is 13.8 Å². The highest BCUT2D eigenvalue weighted by atomic mass is 16.5. The largest absolute Gasteiger partial charge is 0.378 e. The molecule has 3 heterocycles. The number of rotatable bonds is 4. The maximum Gasteiger partial charge on any atom is 0.224 e. The molecule has 0 aliphatic carbocycles. The number of aryl methyl sites for hydroxylation is 2. The Morgan fingerprint density at radius 1 is 1.18 bits per heavy atom. The number of hydrogen-bond acceptors (Lipinski definition) is 7. The molecule has 3 rings (SSSR count). The second kappa shape index (κ2) is 6.65. The fourth-order valence-corrected chi connectivity index (χ4v) is 2.46. The van der Waals surface area contributed by atoms with E-state index in [1.807, 2.05) is 26.0 Å². The van der Waals surface area contributed by atoms with Gasteiger partial charge in [-0.15, -0.1) is 0 Å². The summed E-state index contributed by atoms with van der Waals surface area (Å²) in [6, 6.07) is 3.89. The number of nitrogens with one attached hydrogen (secondary N) is 1. The standard InChI is InChI=1S/C15H20N6O/c1-11-9-13(19-12(2)18-11)10-17-15-16-4-3-14(20-15)21-5-7-22-8-6-21/h3-4,9H,5-8,10H2,1-2H3,(H,16,17,20). The van der Waals surface area contributed by atoms with Crippen LogP contribution in [0.2, 0.25) is 0 Å². The van der Waals surface area contributed by atoms with Gasteiger partial charge in [0, 0.05) is 25.0 Å². The molecule has 0 bridgehead atoms. The highest BCUT2D eigenvalue weighted by Gasteiger charge is 2.13. The summed E-state index contributed by atoms with van der Waals surface area (Å²) in [5.74, 6) is 2.31. The predicted octanol–water partition coefficient (Wildman–Crippen LogP) is 1.33. The average Bonchev–Trinajstić information content (AvgIpc) is 2.53. The van der Waals surface area contributed by atoms with E-state index in [9.17, 15) is 0 Å². The van der Waals surface area contributed by atoms with E-state index >= 15 is 0 Å². The van der Waals surface area contributed by atoms with Crippen molar-refractivity contribution in [2.45, 2.75) is 20.4 Å². The van der Waals surface area contributed by atoms with Crippen LogP contribution in [-0.2, 0) is 11.3 Å². The van der Waals surface area contributed by atoms with Crippen LogP contribution >= 0.6 is 0 Å². The Hall–Kier alpha value is -2.28. The molecule has 2 aromatic heterocycles. The Bertz CT molecular complexity index is 621. The van der Waals surface area contributed by atoms with Gasteiger partial charge in [-0.1, -0.05) is 0 Å². The van der Waals surface area contributed by atoms with E-state index in [2.05, 4.69) is 30.2 Å². The zero-order chi connectivity index (χ0) is 15.4. The molecular weight excluding hydrogens is 280 g/mol. The van der Waals surface area contributed by atoms with Gasteiger partial charge in [0.2, 0.25) is 5.95 Å². The zero-order valence-corrected chi connectivity index (χ0v) is 12.9. The van der Waals surface area contributed by atoms with Crippen LogP contribution in [0.5, 0.6) is 0 Å². The molecule has 1 aliphatic rings. The van der Waals surface area contributed by atoms with Crippen molar-refractivity contribution in [3.63, 3.8) is 0 Å². The second-order valence-electron chi connectivity index (χ2n) is 5.24. The van der Waals surface area contributed by atoms with Gasteiger partial charge >= 0.3 is 0 Å². The zero-order valence-electron chi connectivity index (χ0n) is 12.9. The SMILES string of the molecule is Cc1cc(CNc2nccc(N3CCOCC3)n2)nc(C)n1. The first-order valence-corrected chi connectivity index (χ1v) is 7.41. The van der Waals surface area contributed by atoms with Crippen molar-refractivity contribution in [2.75, 3.05) is 36.5 Å². The molecule has 1 fully saturated rings. The molecule has 0 atom stereocenters. The highest BCUT2D eigenvalue weighted by molar-refractivity contribution is 5.42. The van der Waals surface area contributed by atoms with Crippen molar-refractivity contribution < 1.29 is 4.74 Å². The Morgan fingerprint density at radius 3 is 2.77 bits per heavy atom. The molecule has 0 amide bonds. The number of aromatic nitrogens is 4. The molecule has 0 spiro atoms. The minimum Gasteiger partial charge on any atom is -0.378 e. The third-order valence-corrected chi connectivity index (χ3v) is 3.42. The quantitative estimate of drug-likeness (QED) is 0.913. The number of anilines is 2. The lowest BCUT2D eigenvalue weighted by Crippen LogP contribution is -2.36. The Balaban J connectivity index is 1.67. The highest BCUT2D eigenvalue weighted by Crippen LogP contribution is 2.14. The topological polar surface area (TPSA) is 76.1 Å². The summed E-state index contributed by atoms with van der Waals surface area (Å²) in [6.45, 7) is 7.65. The van der Waals surface area contributed by atoms with Crippen LogP contribution in [0.25, 0.3) is 0 Å². The first-order valence-electron chi connectivity index (χ1n) is 7.41. The minimum atomic E-state index is 0.580. The van der Waals surface area contributed by atoms with Gasteiger partial charge in [0.05, 0.1) is 25.5 Å². The van der Waals surface area contributed by atoms with Gasteiger partial charge in [0.25, 0.3) is 0 Å². The molecule has 7 heteroatoms. The van der Waals surface area contributed by atoms with Crippen molar-refractivity contribution in [3.05, 3.63) is 35.5 Å². The van der Waals surface area contributed by atoms with Gasteiger partial charge in [-0.05, 0) is 26.0 Å². The van der Waals surface area contributed by atoms with Gasteiger partial charge in [0.1, 0.15) is 11.6 Å². The molecule has 1 aliphatic heterocycles. The summed E-state index contributed by atoms with van der Waals surface area (Å²) in [5, 5.41) is 3.22. The molecule has 0 aromatic carbocycles. The minimum absolute atomic E-state index is 0.580. The van der Waals surface area contributed by atoms with E-state index < -0.39 is 0 Å². The molecule has 0 unspecified atom stereocenters. The van der Waals surface area contributed by atoms with Crippen LogP contribution in [0.1, 0.15) is 17.2 Å². The fraction of sp³-hybridized carbons (Fsp3) is 0.467. The third-order valence-electron chi connectivity index (χ3n) is 3.42. The molecule has 22 heavy (non-hydrogen) atoms. The van der Waals surface area contributed by atoms with Gasteiger partial charge in [-0.25, -0.2) is 15.0 Å². The van der Waals surface area contributed by atoms with Crippen LogP contribution < -0.4 is 10.2 Å². The van der Waals surface area contributed by atoms with Crippen molar-refractivity contribution in [2.24, 2.45) is 0 Å². The molecule has 1 saturated heterocycles. The van der Waals surface area contributed by atoms with E-state index in [1.54, 1.807) is 6.20 Å². The van der Waals surface area contributed by atoms with Crippen molar-refractivity contribution in [3.8, 4) is 0 Å². The first kappa shape index (κ1) is 14.6. The Kier molecular flexibility index (Phi) is 4.43. The monoisotopic (exact) mass is 300 g/mol. The Labute approximate surface area is 129 Å². The fourth-order valence-electron chi connectivity index (χ4n) is 2.46. The van der Waals surface area contributed by atoms with E-state index in [1.165, 1.54) is 0 Å². The second-order valence-corrected chi connectivity index (χ2v) is 5.24. The van der Waals surface area contributed by atoms with Gasteiger partial charge in [-0.3, -0.25) is 0 Å². The van der Waals surface area contributed by atoms with E-state index in [0.717, 1.165) is 49.3 Å². The normalized spacial score (nSPS) is 14.9. The number of ether oxygens (including phenoxy) is 1. The lowest BCUT2D eigenvalue weighted by Gasteiger charge is -2.27. The lowest BCUT2D eigenvalue weighted by atomic mass is 10.3. The van der Waals surface area contributed by atoms with Crippen LogP contribution in [-0.4, -0.2) is 46.2 Å². The summed E-state index contributed by atoms with van der Waals surface area (Å²) in [4.78, 5) is 19.7. The molecule has 0 radical (unpaired) electrons. The lowest BCUT2D eigenvalue weighted by molar-refractivity contribution is 0.122. The molecule has 2 aromatic rings.